The molecule has 0 amide bonds. The second-order valence-electron chi connectivity index (χ2n) is 7.86. The molecular weight excluding hydrogens is 510 g/mol. The number of aryl methyl sites for hydroxylation is 1. The molecule has 0 unspecified atom stereocenters. The molecule has 0 radical (unpaired) electrons. The maximum Gasteiger partial charge on any atom is 0.345 e. The first kappa shape index (κ1) is 22.3. The predicted octanol–water partition coefficient (Wildman–Crippen LogP) is 6.38. The summed E-state index contributed by atoms with van der Waals surface area (Å²) < 4.78 is 8.54. The Morgan fingerprint density at radius 3 is 2.62 bits per heavy atom. The molecule has 0 bridgehead atoms. The Kier molecular flexibility index (Phi) is 6.38. The van der Waals surface area contributed by atoms with Crippen LogP contribution in [0.3, 0.4) is 0 Å². The SMILES string of the molecule is Cc1ccc(/C=N/N=c2\scc(-c3cc4cc(Br)ccc4oc3=O)n2Cc2ccccc2)cc1. The summed E-state index contributed by atoms with van der Waals surface area (Å²) in [4.78, 5) is 13.6. The average Bonchev–Trinajstić information content (AvgIpc) is 3.23. The van der Waals surface area contributed by atoms with E-state index in [0.29, 0.717) is 22.5 Å². The van der Waals surface area contributed by atoms with Crippen molar-refractivity contribution in [2.45, 2.75) is 13.5 Å². The second kappa shape index (κ2) is 9.75. The lowest BCUT2D eigenvalue weighted by atomic mass is 10.1. The monoisotopic (exact) mass is 529 g/mol. The van der Waals surface area contributed by atoms with E-state index >= 15 is 0 Å². The van der Waals surface area contributed by atoms with Gasteiger partial charge in [-0.15, -0.1) is 16.4 Å². The van der Waals surface area contributed by atoms with Crippen LogP contribution in [0.5, 0.6) is 0 Å². The van der Waals surface area contributed by atoms with E-state index in [1.165, 1.54) is 16.9 Å². The molecule has 0 saturated carbocycles. The van der Waals surface area contributed by atoms with E-state index in [0.717, 1.165) is 26.7 Å². The second-order valence-corrected chi connectivity index (χ2v) is 9.61. The Morgan fingerprint density at radius 1 is 1.03 bits per heavy atom. The summed E-state index contributed by atoms with van der Waals surface area (Å²) in [7, 11) is 0. The Bertz CT molecular complexity index is 1610. The molecule has 7 heteroatoms. The molecule has 0 N–H and O–H groups in total. The van der Waals surface area contributed by atoms with Crippen molar-refractivity contribution in [1.29, 1.82) is 0 Å². The zero-order chi connectivity index (χ0) is 23.5. The summed E-state index contributed by atoms with van der Waals surface area (Å²) in [6.07, 6.45) is 1.73. The van der Waals surface area contributed by atoms with E-state index in [9.17, 15) is 4.79 Å². The number of fused-ring (bicyclic) bond motifs is 1. The van der Waals surface area contributed by atoms with Gasteiger partial charge in [0.05, 0.1) is 24.0 Å². The third-order valence-corrected chi connectivity index (χ3v) is 6.73. The molecule has 5 rings (SSSR count). The van der Waals surface area contributed by atoms with Gasteiger partial charge in [-0.2, -0.15) is 5.10 Å². The van der Waals surface area contributed by atoms with Crippen LogP contribution in [-0.4, -0.2) is 10.8 Å². The summed E-state index contributed by atoms with van der Waals surface area (Å²) >= 11 is 4.93. The van der Waals surface area contributed by atoms with Crippen molar-refractivity contribution in [3.8, 4) is 11.3 Å². The topological polar surface area (TPSA) is 59.9 Å². The summed E-state index contributed by atoms with van der Waals surface area (Å²) in [6, 6.07) is 25.6. The minimum Gasteiger partial charge on any atom is -0.422 e. The van der Waals surface area contributed by atoms with Gasteiger partial charge < -0.3 is 8.98 Å². The number of thiazole rings is 1. The van der Waals surface area contributed by atoms with E-state index < -0.39 is 0 Å². The van der Waals surface area contributed by atoms with Crippen LogP contribution in [0.4, 0.5) is 0 Å². The first-order valence-electron chi connectivity index (χ1n) is 10.7. The van der Waals surface area contributed by atoms with Crippen molar-refractivity contribution in [2.75, 3.05) is 0 Å². The minimum atomic E-state index is -0.385. The van der Waals surface area contributed by atoms with Crippen LogP contribution in [0.15, 0.2) is 108 Å². The van der Waals surface area contributed by atoms with Crippen molar-refractivity contribution in [3.05, 3.63) is 121 Å². The highest BCUT2D eigenvalue weighted by Gasteiger charge is 2.15. The number of halogens is 1. The van der Waals surface area contributed by atoms with Gasteiger partial charge in [-0.1, -0.05) is 76.1 Å². The van der Waals surface area contributed by atoms with E-state index in [1.807, 2.05) is 89.7 Å². The predicted molar refractivity (Wildman–Crippen MR) is 141 cm³/mol. The lowest BCUT2D eigenvalue weighted by Crippen LogP contribution is -2.18. The molecule has 5 nitrogen and oxygen atoms in total. The van der Waals surface area contributed by atoms with Crippen molar-refractivity contribution >= 4 is 44.5 Å². The van der Waals surface area contributed by atoms with Gasteiger partial charge in [0.1, 0.15) is 5.58 Å². The van der Waals surface area contributed by atoms with Crippen LogP contribution in [0.2, 0.25) is 0 Å². The first-order valence-corrected chi connectivity index (χ1v) is 12.3. The summed E-state index contributed by atoms with van der Waals surface area (Å²) in [6.45, 7) is 2.60. The van der Waals surface area contributed by atoms with Crippen LogP contribution < -0.4 is 10.4 Å². The van der Waals surface area contributed by atoms with Gasteiger partial charge in [0.15, 0.2) is 0 Å². The molecule has 0 aliphatic rings. The number of hydrogen-bond acceptors (Lipinski definition) is 5. The van der Waals surface area contributed by atoms with Crippen LogP contribution in [-0.2, 0) is 6.54 Å². The van der Waals surface area contributed by atoms with Gasteiger partial charge in [0.25, 0.3) is 0 Å². The fourth-order valence-corrected chi connectivity index (χ4v) is 4.85. The van der Waals surface area contributed by atoms with Crippen LogP contribution in [0.25, 0.3) is 22.2 Å². The highest BCUT2D eigenvalue weighted by atomic mass is 79.9. The van der Waals surface area contributed by atoms with Gasteiger partial charge >= 0.3 is 5.63 Å². The number of rotatable bonds is 5. The van der Waals surface area contributed by atoms with Crippen LogP contribution >= 0.6 is 27.3 Å². The smallest absolute Gasteiger partial charge is 0.345 e. The maximum atomic E-state index is 12.9. The van der Waals surface area contributed by atoms with E-state index in [1.54, 1.807) is 12.3 Å². The molecule has 2 heterocycles. The highest BCUT2D eigenvalue weighted by molar-refractivity contribution is 9.10. The van der Waals surface area contributed by atoms with Crippen LogP contribution in [0.1, 0.15) is 16.7 Å². The molecule has 0 saturated heterocycles. The average molecular weight is 530 g/mol. The van der Waals surface area contributed by atoms with Crippen molar-refractivity contribution in [2.24, 2.45) is 10.2 Å². The lowest BCUT2D eigenvalue weighted by molar-refractivity contribution is 0.562. The molecule has 34 heavy (non-hydrogen) atoms. The molecule has 2 aromatic heterocycles. The molecule has 0 spiro atoms. The Balaban J connectivity index is 1.62. The van der Waals surface area contributed by atoms with E-state index in [4.69, 9.17) is 4.42 Å². The fraction of sp³-hybridized carbons (Fsp3) is 0.0741. The zero-order valence-electron chi connectivity index (χ0n) is 18.3. The molecule has 0 aliphatic heterocycles. The van der Waals surface area contributed by atoms with E-state index in [2.05, 4.69) is 26.1 Å². The van der Waals surface area contributed by atoms with Gasteiger partial charge in [-0.25, -0.2) is 4.79 Å². The standard InChI is InChI=1S/C27H20BrN3O2S/c1-18-7-9-19(10-8-18)15-29-30-27-31(16-20-5-3-2-4-6-20)24(17-34-27)23-14-21-13-22(28)11-12-25(21)33-26(23)32/h2-15,17H,16H2,1H3/b29-15+,30-27-. The fourth-order valence-electron chi connectivity index (χ4n) is 3.61. The number of hydrogen-bond donors (Lipinski definition) is 0. The summed E-state index contributed by atoms with van der Waals surface area (Å²) in [5.41, 5.74) is 4.66. The molecular formula is C27H20BrN3O2S. The number of aromatic nitrogens is 1. The molecule has 0 fully saturated rings. The van der Waals surface area contributed by atoms with Crippen molar-refractivity contribution in [1.82, 2.24) is 4.57 Å². The van der Waals surface area contributed by atoms with E-state index in [-0.39, 0.29) is 5.63 Å². The Morgan fingerprint density at radius 2 is 1.82 bits per heavy atom. The summed E-state index contributed by atoms with van der Waals surface area (Å²) in [5.74, 6) is 0. The molecule has 5 aromatic rings. The normalized spacial score (nSPS) is 12.1. The number of benzene rings is 3. The molecule has 0 atom stereocenters. The maximum absolute atomic E-state index is 12.9. The Labute approximate surface area is 208 Å². The minimum absolute atomic E-state index is 0.385. The zero-order valence-corrected chi connectivity index (χ0v) is 20.7. The van der Waals surface area contributed by atoms with Gasteiger partial charge in [-0.3, -0.25) is 0 Å². The number of nitrogens with zero attached hydrogens (tertiary/aromatic N) is 3. The molecule has 168 valence electrons. The first-order chi connectivity index (χ1) is 16.6. The van der Waals surface area contributed by atoms with Crippen molar-refractivity contribution < 1.29 is 4.42 Å². The third kappa shape index (κ3) is 4.85. The third-order valence-electron chi connectivity index (χ3n) is 5.38. The quantitative estimate of drug-likeness (QED) is 0.151. The van der Waals surface area contributed by atoms with Gasteiger partial charge in [0, 0.05) is 15.2 Å². The van der Waals surface area contributed by atoms with Crippen LogP contribution in [0, 0.1) is 6.92 Å². The summed E-state index contributed by atoms with van der Waals surface area (Å²) in [5, 5.41) is 11.6. The van der Waals surface area contributed by atoms with Gasteiger partial charge in [0.2, 0.25) is 4.80 Å². The largest absolute Gasteiger partial charge is 0.422 e. The Hall–Kier alpha value is -3.55. The highest BCUT2D eigenvalue weighted by Crippen LogP contribution is 2.25. The molecule has 0 aliphatic carbocycles. The lowest BCUT2D eigenvalue weighted by Gasteiger charge is -2.09. The molecule has 3 aromatic carbocycles. The van der Waals surface area contributed by atoms with Gasteiger partial charge in [-0.05, 0) is 42.3 Å². The van der Waals surface area contributed by atoms with Crippen molar-refractivity contribution in [3.63, 3.8) is 0 Å².